The molecular weight excluding hydrogens is 353 g/mol. The molecule has 0 bridgehead atoms. The largest absolute Gasteiger partial charge is 0.378 e. The first-order valence-electron chi connectivity index (χ1n) is 5.43. The van der Waals surface area contributed by atoms with Crippen LogP contribution in [0.2, 0.25) is 9.36 Å². The second-order valence-electron chi connectivity index (χ2n) is 4.13. The number of hydrogen-bond donors (Lipinski definition) is 1. The third-order valence-corrected chi connectivity index (χ3v) is 4.88. The average Bonchev–Trinajstić information content (AvgIpc) is 2.73. The van der Waals surface area contributed by atoms with E-state index in [1.54, 1.807) is 11.3 Å². The molecule has 1 aromatic carbocycles. The zero-order valence-corrected chi connectivity index (χ0v) is 13.8. The standard InChI is InChI=1S/C13H12BrCl2NS/c1-7-3-10(14)12(5-11(7)15)17-8(2)9-4-13(16)18-6-9/h3-6,8,17H,1-2H3. The van der Waals surface area contributed by atoms with Crippen molar-refractivity contribution in [1.82, 2.24) is 0 Å². The van der Waals surface area contributed by atoms with Crippen molar-refractivity contribution in [2.75, 3.05) is 5.32 Å². The molecule has 0 radical (unpaired) electrons. The van der Waals surface area contributed by atoms with Crippen molar-refractivity contribution in [2.24, 2.45) is 0 Å². The van der Waals surface area contributed by atoms with E-state index in [1.165, 1.54) is 5.56 Å². The number of anilines is 1. The summed E-state index contributed by atoms with van der Waals surface area (Å²) in [6, 6.07) is 6.11. The summed E-state index contributed by atoms with van der Waals surface area (Å²) in [7, 11) is 0. The van der Waals surface area contributed by atoms with E-state index in [9.17, 15) is 0 Å². The van der Waals surface area contributed by atoms with E-state index < -0.39 is 0 Å². The molecule has 0 saturated heterocycles. The molecule has 1 unspecified atom stereocenters. The van der Waals surface area contributed by atoms with E-state index in [4.69, 9.17) is 23.2 Å². The zero-order chi connectivity index (χ0) is 13.3. The molecule has 0 spiro atoms. The van der Waals surface area contributed by atoms with Crippen LogP contribution in [0.1, 0.15) is 24.1 Å². The Morgan fingerprint density at radius 3 is 2.61 bits per heavy atom. The van der Waals surface area contributed by atoms with Crippen molar-refractivity contribution >= 4 is 56.2 Å². The highest BCUT2D eigenvalue weighted by atomic mass is 79.9. The van der Waals surface area contributed by atoms with E-state index in [-0.39, 0.29) is 6.04 Å². The number of benzene rings is 1. The Hall–Kier alpha value is -0.220. The molecule has 1 nitrogen and oxygen atoms in total. The van der Waals surface area contributed by atoms with Gasteiger partial charge in [-0.2, -0.15) is 0 Å². The normalized spacial score (nSPS) is 12.5. The van der Waals surface area contributed by atoms with Crippen molar-refractivity contribution < 1.29 is 0 Å². The summed E-state index contributed by atoms with van der Waals surface area (Å²) >= 11 is 17.2. The summed E-state index contributed by atoms with van der Waals surface area (Å²) in [5.74, 6) is 0. The molecule has 18 heavy (non-hydrogen) atoms. The van der Waals surface area contributed by atoms with Gasteiger partial charge in [-0.1, -0.05) is 23.2 Å². The van der Waals surface area contributed by atoms with Crippen molar-refractivity contribution in [1.29, 1.82) is 0 Å². The Bertz CT molecular complexity index is 568. The lowest BCUT2D eigenvalue weighted by molar-refractivity contribution is 0.889. The molecule has 1 atom stereocenters. The fourth-order valence-electron chi connectivity index (χ4n) is 1.62. The Kier molecular flexibility index (Phi) is 4.59. The van der Waals surface area contributed by atoms with Crippen LogP contribution in [-0.2, 0) is 0 Å². The van der Waals surface area contributed by atoms with Gasteiger partial charge in [0.05, 0.1) is 10.0 Å². The second-order valence-corrected chi connectivity index (χ2v) is 6.94. The minimum Gasteiger partial charge on any atom is -0.378 e. The molecule has 0 fully saturated rings. The fourth-order valence-corrected chi connectivity index (χ4v) is 3.34. The van der Waals surface area contributed by atoms with Crippen LogP contribution in [0.4, 0.5) is 5.69 Å². The molecule has 5 heteroatoms. The highest BCUT2D eigenvalue weighted by Crippen LogP contribution is 2.33. The minimum atomic E-state index is 0.184. The van der Waals surface area contributed by atoms with Crippen LogP contribution in [0, 0.1) is 6.92 Å². The van der Waals surface area contributed by atoms with E-state index in [0.29, 0.717) is 0 Å². The molecule has 1 aromatic heterocycles. The SMILES string of the molecule is Cc1cc(Br)c(NC(C)c2csc(Cl)c2)cc1Cl. The molecule has 0 saturated carbocycles. The van der Waals surface area contributed by atoms with Crippen molar-refractivity contribution in [3.8, 4) is 0 Å². The highest BCUT2D eigenvalue weighted by molar-refractivity contribution is 9.10. The molecule has 0 aliphatic heterocycles. The Labute approximate surface area is 129 Å². The van der Waals surface area contributed by atoms with E-state index in [1.807, 2.05) is 25.1 Å². The maximum atomic E-state index is 6.14. The quantitative estimate of drug-likeness (QED) is 0.673. The van der Waals surface area contributed by atoms with Crippen LogP contribution >= 0.6 is 50.5 Å². The molecule has 0 aliphatic carbocycles. The van der Waals surface area contributed by atoms with Gasteiger partial charge in [-0.05, 0) is 64.5 Å². The molecule has 1 heterocycles. The fraction of sp³-hybridized carbons (Fsp3) is 0.231. The van der Waals surface area contributed by atoms with Gasteiger partial charge in [0.15, 0.2) is 0 Å². The summed E-state index contributed by atoms with van der Waals surface area (Å²) in [6.45, 7) is 4.08. The number of hydrogen-bond acceptors (Lipinski definition) is 2. The van der Waals surface area contributed by atoms with Crippen LogP contribution in [0.25, 0.3) is 0 Å². The first-order chi connectivity index (χ1) is 8.47. The number of rotatable bonds is 3. The molecule has 0 amide bonds. The number of halogens is 3. The zero-order valence-electron chi connectivity index (χ0n) is 9.93. The Morgan fingerprint density at radius 1 is 1.28 bits per heavy atom. The second kappa shape index (κ2) is 5.83. The predicted molar refractivity (Wildman–Crippen MR) is 85.3 cm³/mol. The first-order valence-corrected chi connectivity index (χ1v) is 7.86. The summed E-state index contributed by atoms with van der Waals surface area (Å²) in [5, 5.41) is 6.24. The lowest BCUT2D eigenvalue weighted by Crippen LogP contribution is -2.06. The summed E-state index contributed by atoms with van der Waals surface area (Å²) in [4.78, 5) is 0. The minimum absolute atomic E-state index is 0.184. The van der Waals surface area contributed by atoms with E-state index >= 15 is 0 Å². The smallest absolute Gasteiger partial charge is 0.0931 e. The Balaban J connectivity index is 2.21. The van der Waals surface area contributed by atoms with Crippen molar-refractivity contribution in [3.63, 3.8) is 0 Å². The van der Waals surface area contributed by atoms with Crippen LogP contribution in [0.5, 0.6) is 0 Å². The molecular formula is C13H12BrCl2NS. The van der Waals surface area contributed by atoms with Gasteiger partial charge >= 0.3 is 0 Å². The van der Waals surface area contributed by atoms with Crippen molar-refractivity contribution in [2.45, 2.75) is 19.9 Å². The number of nitrogens with one attached hydrogen (secondary N) is 1. The summed E-state index contributed by atoms with van der Waals surface area (Å²) in [6.07, 6.45) is 0. The number of thiophene rings is 1. The van der Waals surface area contributed by atoms with Crippen LogP contribution < -0.4 is 5.32 Å². The van der Waals surface area contributed by atoms with Crippen LogP contribution in [-0.4, -0.2) is 0 Å². The maximum absolute atomic E-state index is 6.14. The Morgan fingerprint density at radius 2 is 2.00 bits per heavy atom. The van der Waals surface area contributed by atoms with Gasteiger partial charge in [0.25, 0.3) is 0 Å². The van der Waals surface area contributed by atoms with Crippen LogP contribution in [0.3, 0.4) is 0 Å². The van der Waals surface area contributed by atoms with Gasteiger partial charge in [-0.3, -0.25) is 0 Å². The molecule has 96 valence electrons. The van der Waals surface area contributed by atoms with E-state index in [2.05, 4.69) is 33.6 Å². The van der Waals surface area contributed by atoms with E-state index in [0.717, 1.165) is 25.1 Å². The van der Waals surface area contributed by atoms with Crippen molar-refractivity contribution in [3.05, 3.63) is 48.5 Å². The van der Waals surface area contributed by atoms with Gasteiger partial charge < -0.3 is 5.32 Å². The summed E-state index contributed by atoms with van der Waals surface area (Å²) < 4.78 is 1.82. The van der Waals surface area contributed by atoms with Gasteiger partial charge in [0, 0.05) is 15.5 Å². The monoisotopic (exact) mass is 363 g/mol. The highest BCUT2D eigenvalue weighted by Gasteiger charge is 2.10. The summed E-state index contributed by atoms with van der Waals surface area (Å²) in [5.41, 5.74) is 3.22. The third-order valence-electron chi connectivity index (χ3n) is 2.71. The van der Waals surface area contributed by atoms with Crippen LogP contribution in [0.15, 0.2) is 28.1 Å². The lowest BCUT2D eigenvalue weighted by atomic mass is 10.1. The molecule has 2 aromatic rings. The van der Waals surface area contributed by atoms with Gasteiger partial charge in [-0.25, -0.2) is 0 Å². The first kappa shape index (κ1) is 14.2. The maximum Gasteiger partial charge on any atom is 0.0931 e. The lowest BCUT2D eigenvalue weighted by Gasteiger charge is -2.16. The third kappa shape index (κ3) is 3.21. The van der Waals surface area contributed by atoms with Gasteiger partial charge in [0.2, 0.25) is 0 Å². The average molecular weight is 365 g/mol. The van der Waals surface area contributed by atoms with Gasteiger partial charge in [0.1, 0.15) is 0 Å². The predicted octanol–water partition coefficient (Wildman–Crippen LogP) is 6.30. The molecule has 1 N–H and O–H groups in total. The topological polar surface area (TPSA) is 12.0 Å². The number of aryl methyl sites for hydroxylation is 1. The molecule has 2 rings (SSSR count). The van der Waals surface area contributed by atoms with Gasteiger partial charge in [-0.15, -0.1) is 11.3 Å². The molecule has 0 aliphatic rings.